The zero-order chi connectivity index (χ0) is 25.2. The van der Waals surface area contributed by atoms with Gasteiger partial charge in [0.1, 0.15) is 0 Å². The Balaban J connectivity index is 1.81. The summed E-state index contributed by atoms with van der Waals surface area (Å²) in [6.45, 7) is 6.49. The molecule has 0 unspecified atom stereocenters. The van der Waals surface area contributed by atoms with E-state index in [9.17, 15) is 9.59 Å². The zero-order valence-corrected chi connectivity index (χ0v) is 21.5. The molecule has 0 fully saturated rings. The number of nitrogens with zero attached hydrogens (tertiary/aromatic N) is 1. The maximum absolute atomic E-state index is 13.1. The topological polar surface area (TPSA) is 79.9 Å². The molecule has 2 aromatic carbocycles. The van der Waals surface area contributed by atoms with Gasteiger partial charge in [-0.05, 0) is 60.8 Å². The van der Waals surface area contributed by atoms with Crippen molar-refractivity contribution < 1.29 is 19.1 Å². The SMILES string of the molecule is COc1ccc(CNC(=O)c2ccc3c(c2)CNCCCCCCCN3C(=O)C(C)C)cc1OC. The van der Waals surface area contributed by atoms with Gasteiger partial charge in [0.25, 0.3) is 5.91 Å². The van der Waals surface area contributed by atoms with Crippen LogP contribution >= 0.6 is 0 Å². The third-order valence-electron chi connectivity index (χ3n) is 6.34. The van der Waals surface area contributed by atoms with E-state index in [-0.39, 0.29) is 17.7 Å². The van der Waals surface area contributed by atoms with E-state index in [4.69, 9.17) is 9.47 Å². The highest BCUT2D eigenvalue weighted by Gasteiger charge is 2.22. The van der Waals surface area contributed by atoms with E-state index in [1.54, 1.807) is 14.2 Å². The van der Waals surface area contributed by atoms with Crippen molar-refractivity contribution in [3.8, 4) is 11.5 Å². The Labute approximate surface area is 209 Å². The number of methoxy groups -OCH3 is 2. The van der Waals surface area contributed by atoms with Crippen LogP contribution in [0.4, 0.5) is 5.69 Å². The van der Waals surface area contributed by atoms with E-state index in [0.717, 1.165) is 42.6 Å². The molecule has 35 heavy (non-hydrogen) atoms. The van der Waals surface area contributed by atoms with Gasteiger partial charge in [-0.3, -0.25) is 9.59 Å². The van der Waals surface area contributed by atoms with Crippen LogP contribution in [0.15, 0.2) is 36.4 Å². The van der Waals surface area contributed by atoms with Crippen LogP contribution in [0.2, 0.25) is 0 Å². The molecule has 0 saturated heterocycles. The summed E-state index contributed by atoms with van der Waals surface area (Å²) in [5.74, 6) is 1.15. The van der Waals surface area contributed by atoms with Crippen LogP contribution in [0, 0.1) is 5.92 Å². The molecule has 2 amide bonds. The maximum atomic E-state index is 13.1. The fourth-order valence-corrected chi connectivity index (χ4v) is 4.34. The predicted octanol–water partition coefficient (Wildman–Crippen LogP) is 4.68. The fourth-order valence-electron chi connectivity index (χ4n) is 4.34. The van der Waals surface area contributed by atoms with Gasteiger partial charge in [-0.2, -0.15) is 0 Å². The molecular formula is C28H39N3O4. The lowest BCUT2D eigenvalue weighted by Gasteiger charge is -2.28. The molecule has 3 rings (SSSR count). The molecule has 0 bridgehead atoms. The number of anilines is 1. The first-order valence-corrected chi connectivity index (χ1v) is 12.6. The second kappa shape index (κ2) is 13.1. The summed E-state index contributed by atoms with van der Waals surface area (Å²) in [5, 5.41) is 6.50. The van der Waals surface area contributed by atoms with E-state index >= 15 is 0 Å². The Bertz CT molecular complexity index is 1010. The van der Waals surface area contributed by atoms with Crippen molar-refractivity contribution in [1.82, 2.24) is 10.6 Å². The molecular weight excluding hydrogens is 442 g/mol. The number of fused-ring (bicyclic) bond motifs is 1. The number of benzene rings is 2. The Morgan fingerprint density at radius 1 is 0.971 bits per heavy atom. The number of hydrogen-bond acceptors (Lipinski definition) is 5. The van der Waals surface area contributed by atoms with Gasteiger partial charge >= 0.3 is 0 Å². The number of nitrogens with one attached hydrogen (secondary N) is 2. The van der Waals surface area contributed by atoms with E-state index in [1.807, 2.05) is 55.1 Å². The summed E-state index contributed by atoms with van der Waals surface area (Å²) in [7, 11) is 3.19. The van der Waals surface area contributed by atoms with Gasteiger partial charge in [-0.15, -0.1) is 0 Å². The van der Waals surface area contributed by atoms with E-state index < -0.39 is 0 Å². The van der Waals surface area contributed by atoms with E-state index in [0.29, 0.717) is 36.7 Å². The molecule has 0 aromatic heterocycles. The first-order chi connectivity index (χ1) is 16.9. The minimum absolute atomic E-state index is 0.0896. The second-order valence-corrected chi connectivity index (χ2v) is 9.30. The molecule has 2 aromatic rings. The lowest BCUT2D eigenvalue weighted by molar-refractivity contribution is -0.121. The molecule has 0 atom stereocenters. The van der Waals surface area contributed by atoms with Gasteiger partial charge in [0.05, 0.1) is 14.2 Å². The summed E-state index contributed by atoms with van der Waals surface area (Å²) in [6, 6.07) is 11.2. The Morgan fingerprint density at radius 2 is 1.71 bits per heavy atom. The highest BCUT2D eigenvalue weighted by Crippen LogP contribution is 2.28. The van der Waals surface area contributed by atoms with Gasteiger partial charge in [-0.1, -0.05) is 39.2 Å². The summed E-state index contributed by atoms with van der Waals surface area (Å²) in [4.78, 5) is 28.0. The summed E-state index contributed by atoms with van der Waals surface area (Å²) in [6.07, 6.45) is 5.62. The number of ether oxygens (including phenoxy) is 2. The second-order valence-electron chi connectivity index (χ2n) is 9.30. The molecule has 0 aliphatic carbocycles. The quantitative estimate of drug-likeness (QED) is 0.626. The number of rotatable bonds is 6. The van der Waals surface area contributed by atoms with Crippen molar-refractivity contribution in [3.63, 3.8) is 0 Å². The highest BCUT2D eigenvalue weighted by molar-refractivity contribution is 5.98. The van der Waals surface area contributed by atoms with Gasteiger partial charge < -0.3 is 25.0 Å². The number of carbonyl (C=O) groups is 2. The van der Waals surface area contributed by atoms with Crippen molar-refractivity contribution in [2.24, 2.45) is 5.92 Å². The molecule has 1 aliphatic rings. The van der Waals surface area contributed by atoms with Crippen LogP contribution < -0.4 is 25.0 Å². The van der Waals surface area contributed by atoms with Crippen molar-refractivity contribution >= 4 is 17.5 Å². The van der Waals surface area contributed by atoms with Crippen molar-refractivity contribution in [1.29, 1.82) is 0 Å². The Morgan fingerprint density at radius 3 is 2.46 bits per heavy atom. The Kier molecular flexibility index (Phi) is 9.97. The normalized spacial score (nSPS) is 14.9. The van der Waals surface area contributed by atoms with Crippen LogP contribution in [-0.2, 0) is 17.9 Å². The predicted molar refractivity (Wildman–Crippen MR) is 139 cm³/mol. The summed E-state index contributed by atoms with van der Waals surface area (Å²) < 4.78 is 10.6. The van der Waals surface area contributed by atoms with Crippen LogP contribution in [0.5, 0.6) is 11.5 Å². The van der Waals surface area contributed by atoms with Crippen LogP contribution in [0.3, 0.4) is 0 Å². The van der Waals surface area contributed by atoms with Gasteiger partial charge in [0.2, 0.25) is 5.91 Å². The third-order valence-corrected chi connectivity index (χ3v) is 6.34. The Hall–Kier alpha value is -3.06. The minimum Gasteiger partial charge on any atom is -0.493 e. The molecule has 190 valence electrons. The molecule has 7 nitrogen and oxygen atoms in total. The van der Waals surface area contributed by atoms with E-state index in [1.165, 1.54) is 12.8 Å². The van der Waals surface area contributed by atoms with Crippen LogP contribution in [-0.4, -0.2) is 39.1 Å². The average Bonchev–Trinajstić information content (AvgIpc) is 2.87. The maximum Gasteiger partial charge on any atom is 0.251 e. The lowest BCUT2D eigenvalue weighted by Crippen LogP contribution is -2.36. The van der Waals surface area contributed by atoms with Gasteiger partial charge in [-0.25, -0.2) is 0 Å². The molecule has 0 saturated carbocycles. The minimum atomic E-state index is -0.157. The average molecular weight is 482 g/mol. The smallest absolute Gasteiger partial charge is 0.251 e. The molecule has 7 heteroatoms. The van der Waals surface area contributed by atoms with Crippen molar-refractivity contribution in [3.05, 3.63) is 53.1 Å². The lowest BCUT2D eigenvalue weighted by atomic mass is 10.0. The monoisotopic (exact) mass is 481 g/mol. The van der Waals surface area contributed by atoms with Crippen molar-refractivity contribution in [2.45, 2.75) is 59.0 Å². The van der Waals surface area contributed by atoms with Gasteiger partial charge in [0.15, 0.2) is 11.5 Å². The fraction of sp³-hybridized carbons (Fsp3) is 0.500. The first-order valence-electron chi connectivity index (χ1n) is 12.6. The molecule has 0 spiro atoms. The number of hydrogen-bond donors (Lipinski definition) is 2. The molecule has 1 aliphatic heterocycles. The first kappa shape index (κ1) is 26.5. The van der Waals surface area contributed by atoms with E-state index in [2.05, 4.69) is 10.6 Å². The van der Waals surface area contributed by atoms with Gasteiger partial charge in [0, 0.05) is 36.8 Å². The number of carbonyl (C=O) groups excluding carboxylic acids is 2. The molecule has 0 radical (unpaired) electrons. The number of amides is 2. The third kappa shape index (κ3) is 7.21. The molecule has 2 N–H and O–H groups in total. The van der Waals surface area contributed by atoms with Crippen LogP contribution in [0.25, 0.3) is 0 Å². The standard InChI is InChI=1S/C28H39N3O4/c1-20(2)28(33)31-15-9-7-5-6-8-14-29-19-23-17-22(11-12-24(23)31)27(32)30-18-21-10-13-25(34-3)26(16-21)35-4/h10-13,16-17,20,29H,5-9,14-15,18-19H2,1-4H3,(H,30,32). The zero-order valence-electron chi connectivity index (χ0n) is 21.5. The highest BCUT2D eigenvalue weighted by atomic mass is 16.5. The largest absolute Gasteiger partial charge is 0.493 e. The summed E-state index contributed by atoms with van der Waals surface area (Å²) >= 11 is 0. The van der Waals surface area contributed by atoms with Crippen molar-refractivity contribution in [2.75, 3.05) is 32.2 Å². The molecule has 1 heterocycles. The van der Waals surface area contributed by atoms with Crippen LogP contribution in [0.1, 0.15) is 67.4 Å². The summed E-state index contributed by atoms with van der Waals surface area (Å²) in [5.41, 5.74) is 3.36.